The van der Waals surface area contributed by atoms with Gasteiger partial charge in [0.15, 0.2) is 0 Å². The van der Waals surface area contributed by atoms with Crippen molar-refractivity contribution in [2.45, 2.75) is 6.92 Å². The highest BCUT2D eigenvalue weighted by atomic mass is 16.9. The zero-order valence-corrected chi connectivity index (χ0v) is 6.19. The highest BCUT2D eigenvalue weighted by Gasteiger charge is 2.31. The van der Waals surface area contributed by atoms with E-state index in [-0.39, 0.29) is 12.0 Å². The van der Waals surface area contributed by atoms with Crippen LogP contribution in [0.15, 0.2) is 0 Å². The second kappa shape index (κ2) is 4.09. The summed E-state index contributed by atoms with van der Waals surface area (Å²) >= 11 is 0. The maximum absolute atomic E-state index is 8.57. The van der Waals surface area contributed by atoms with E-state index in [2.05, 4.69) is 0 Å². The lowest BCUT2D eigenvalue weighted by Crippen LogP contribution is -2.42. The summed E-state index contributed by atoms with van der Waals surface area (Å²) in [7, 11) is 0. The molecule has 0 aromatic heterocycles. The third-order valence-electron chi connectivity index (χ3n) is 1.28. The normalized spacial score (nSPS) is 19.1. The second-order valence-corrected chi connectivity index (χ2v) is 2.70. The Morgan fingerprint density at radius 2 is 2.09 bits per heavy atom. The van der Waals surface area contributed by atoms with Crippen LogP contribution < -0.4 is 0 Å². The molecule has 2 N–H and O–H groups in total. The number of rotatable bonds is 1. The molecule has 0 amide bonds. The van der Waals surface area contributed by atoms with Crippen molar-refractivity contribution in [1.29, 1.82) is 0 Å². The van der Waals surface area contributed by atoms with Crippen molar-refractivity contribution < 1.29 is 20.1 Å². The van der Waals surface area contributed by atoms with Crippen molar-refractivity contribution in [3.63, 3.8) is 0 Å². The van der Waals surface area contributed by atoms with Crippen LogP contribution in [-0.2, 0) is 4.74 Å². The van der Waals surface area contributed by atoms with Gasteiger partial charge in [-0.2, -0.15) is 0 Å². The van der Waals surface area contributed by atoms with Gasteiger partial charge in [-0.25, -0.2) is 0 Å². The molecule has 1 aliphatic heterocycles. The van der Waals surface area contributed by atoms with E-state index in [0.29, 0.717) is 0 Å². The van der Waals surface area contributed by atoms with Gasteiger partial charge < -0.3 is 15.1 Å². The summed E-state index contributed by atoms with van der Waals surface area (Å²) in [6, 6.07) is 0. The summed E-state index contributed by atoms with van der Waals surface area (Å²) < 4.78 is 4.87. The molecule has 1 saturated heterocycles. The summed E-state index contributed by atoms with van der Waals surface area (Å²) in [5.41, 5.74) is 0.0972. The minimum absolute atomic E-state index is 0.0972. The Hall–Kier alpha value is -0.880. The van der Waals surface area contributed by atoms with Gasteiger partial charge in [0, 0.05) is 5.41 Å². The maximum Gasteiger partial charge on any atom is 0.291 e. The molecule has 0 radical (unpaired) electrons. The average Bonchev–Trinajstić information content (AvgIpc) is 1.82. The predicted octanol–water partition coefficient (Wildman–Crippen LogP) is -0.333. The van der Waals surface area contributed by atoms with Crippen LogP contribution in [0, 0.1) is 15.5 Å². The molecule has 0 aromatic carbocycles. The van der Waals surface area contributed by atoms with Crippen LogP contribution in [0.1, 0.15) is 6.92 Å². The maximum atomic E-state index is 8.57. The van der Waals surface area contributed by atoms with Gasteiger partial charge in [-0.3, -0.25) is 0 Å². The van der Waals surface area contributed by atoms with E-state index in [9.17, 15) is 0 Å². The molecule has 0 bridgehead atoms. The van der Waals surface area contributed by atoms with E-state index in [0.717, 1.165) is 13.2 Å². The van der Waals surface area contributed by atoms with Gasteiger partial charge in [-0.1, -0.05) is 6.92 Å². The summed E-state index contributed by atoms with van der Waals surface area (Å²) in [5, 5.41) is 22.2. The molecule has 66 valence electrons. The van der Waals surface area contributed by atoms with E-state index in [1.807, 2.05) is 6.92 Å². The number of aliphatic hydroxyl groups excluding tert-OH is 1. The standard InChI is InChI=1S/C5H10O2.HNO3/c1-5(2-6)3-7-4-5;2-1(3)4/h6H,2-4H2,1H3;(H,2,3,4). The summed E-state index contributed by atoms with van der Waals surface area (Å²) in [4.78, 5) is 8.36. The van der Waals surface area contributed by atoms with Crippen molar-refractivity contribution in [2.24, 2.45) is 5.41 Å². The Kier molecular flexibility index (Phi) is 3.77. The van der Waals surface area contributed by atoms with E-state index >= 15 is 0 Å². The van der Waals surface area contributed by atoms with E-state index in [1.165, 1.54) is 0 Å². The van der Waals surface area contributed by atoms with Gasteiger partial charge >= 0.3 is 0 Å². The monoisotopic (exact) mass is 165 g/mol. The number of hydrogen-bond acceptors (Lipinski definition) is 4. The Morgan fingerprint density at radius 3 is 2.09 bits per heavy atom. The van der Waals surface area contributed by atoms with E-state index < -0.39 is 5.09 Å². The lowest BCUT2D eigenvalue weighted by atomic mass is 9.90. The van der Waals surface area contributed by atoms with Crippen molar-refractivity contribution in [3.05, 3.63) is 10.1 Å². The minimum Gasteiger partial charge on any atom is -0.396 e. The lowest BCUT2D eigenvalue weighted by Gasteiger charge is -2.35. The lowest BCUT2D eigenvalue weighted by molar-refractivity contribution is -0.742. The fraction of sp³-hybridized carbons (Fsp3) is 1.00. The zero-order chi connectivity index (χ0) is 8.91. The third kappa shape index (κ3) is 4.51. The van der Waals surface area contributed by atoms with Crippen LogP contribution >= 0.6 is 0 Å². The van der Waals surface area contributed by atoms with E-state index in [4.69, 9.17) is 25.2 Å². The molecule has 0 aliphatic carbocycles. The minimum atomic E-state index is -1.50. The molecule has 1 rings (SSSR count). The highest BCUT2D eigenvalue weighted by molar-refractivity contribution is 4.78. The van der Waals surface area contributed by atoms with Crippen LogP contribution in [0.2, 0.25) is 0 Å². The number of ether oxygens (including phenoxy) is 1. The predicted molar refractivity (Wildman–Crippen MR) is 34.8 cm³/mol. The zero-order valence-electron chi connectivity index (χ0n) is 6.19. The van der Waals surface area contributed by atoms with Gasteiger partial charge in [0.1, 0.15) is 0 Å². The first kappa shape index (κ1) is 10.1. The topological polar surface area (TPSA) is 92.8 Å². The SMILES string of the molecule is CC1(CO)COC1.O=[N+]([O-])O. The Balaban J connectivity index is 0.000000218. The molecule has 0 aromatic rings. The first-order chi connectivity index (χ1) is 5.00. The molecule has 1 heterocycles. The summed E-state index contributed by atoms with van der Waals surface area (Å²) in [6.45, 7) is 3.72. The molecule has 0 spiro atoms. The second-order valence-electron chi connectivity index (χ2n) is 2.70. The van der Waals surface area contributed by atoms with Crippen LogP contribution in [0.4, 0.5) is 0 Å². The fourth-order valence-electron chi connectivity index (χ4n) is 0.542. The Bertz CT molecular complexity index is 123. The number of aliphatic hydroxyl groups is 1. The smallest absolute Gasteiger partial charge is 0.291 e. The average molecular weight is 165 g/mol. The van der Waals surface area contributed by atoms with Gasteiger partial charge in [0.05, 0.1) is 19.8 Å². The van der Waals surface area contributed by atoms with Gasteiger partial charge in [-0.05, 0) is 0 Å². The van der Waals surface area contributed by atoms with Crippen molar-refractivity contribution >= 4 is 0 Å². The highest BCUT2D eigenvalue weighted by Crippen LogP contribution is 2.24. The summed E-state index contributed by atoms with van der Waals surface area (Å²) in [6.07, 6.45) is 0. The fourth-order valence-corrected chi connectivity index (χ4v) is 0.542. The molecule has 6 nitrogen and oxygen atoms in total. The van der Waals surface area contributed by atoms with Gasteiger partial charge in [0.2, 0.25) is 0 Å². The van der Waals surface area contributed by atoms with Crippen molar-refractivity contribution in [3.8, 4) is 0 Å². The Morgan fingerprint density at radius 1 is 1.73 bits per heavy atom. The molecular weight excluding hydrogens is 154 g/mol. The van der Waals surface area contributed by atoms with Crippen molar-refractivity contribution in [2.75, 3.05) is 19.8 Å². The van der Waals surface area contributed by atoms with Crippen LogP contribution in [0.3, 0.4) is 0 Å². The molecule has 6 heteroatoms. The van der Waals surface area contributed by atoms with Gasteiger partial charge in [0.25, 0.3) is 5.09 Å². The largest absolute Gasteiger partial charge is 0.396 e. The van der Waals surface area contributed by atoms with Gasteiger partial charge in [-0.15, -0.1) is 10.1 Å². The third-order valence-corrected chi connectivity index (χ3v) is 1.28. The first-order valence-electron chi connectivity index (χ1n) is 3.02. The molecule has 0 atom stereocenters. The quantitative estimate of drug-likeness (QED) is 0.410. The molecule has 1 fully saturated rings. The molecule has 0 saturated carbocycles. The first-order valence-corrected chi connectivity index (χ1v) is 3.02. The Labute approximate surface area is 63.5 Å². The summed E-state index contributed by atoms with van der Waals surface area (Å²) in [5.74, 6) is 0. The molecule has 0 unspecified atom stereocenters. The molecule has 1 aliphatic rings. The van der Waals surface area contributed by atoms with Crippen LogP contribution in [0.5, 0.6) is 0 Å². The van der Waals surface area contributed by atoms with Crippen LogP contribution in [-0.4, -0.2) is 35.2 Å². The van der Waals surface area contributed by atoms with Crippen LogP contribution in [0.25, 0.3) is 0 Å². The van der Waals surface area contributed by atoms with Crippen molar-refractivity contribution in [1.82, 2.24) is 0 Å². The molecule has 11 heavy (non-hydrogen) atoms. The number of hydrogen-bond donors (Lipinski definition) is 2. The number of nitrogens with zero attached hydrogens (tertiary/aromatic N) is 1. The molecular formula is C5H11NO5. The van der Waals surface area contributed by atoms with E-state index in [1.54, 1.807) is 0 Å².